The Morgan fingerprint density at radius 2 is 2.05 bits per heavy atom. The fourth-order valence-corrected chi connectivity index (χ4v) is 2.27. The van der Waals surface area contributed by atoms with Crippen molar-refractivity contribution in [1.29, 1.82) is 0 Å². The Kier molecular flexibility index (Phi) is 4.92. The number of nitrogens with two attached hydrogens (primary N) is 1. The predicted molar refractivity (Wildman–Crippen MR) is 85.1 cm³/mol. The summed E-state index contributed by atoms with van der Waals surface area (Å²) in [5.74, 6) is 1.01. The number of hydrogen-bond acceptors (Lipinski definition) is 4. The Hall–Kier alpha value is -2.21. The minimum Gasteiger partial charge on any atom is -0.352 e. The molecule has 6 heteroatoms. The molecule has 1 heterocycles. The summed E-state index contributed by atoms with van der Waals surface area (Å²) in [6.45, 7) is 6.94. The van der Waals surface area contributed by atoms with Crippen molar-refractivity contribution in [2.45, 2.75) is 38.8 Å². The summed E-state index contributed by atoms with van der Waals surface area (Å²) < 4.78 is 1.95. The van der Waals surface area contributed by atoms with Crippen LogP contribution in [0.2, 0.25) is 0 Å². The van der Waals surface area contributed by atoms with Gasteiger partial charge in [0.25, 0.3) is 0 Å². The summed E-state index contributed by atoms with van der Waals surface area (Å²) in [4.78, 5) is 12.3. The van der Waals surface area contributed by atoms with Crippen molar-refractivity contribution >= 4 is 5.91 Å². The number of rotatable bonds is 6. The normalized spacial score (nSPS) is 13.9. The van der Waals surface area contributed by atoms with Gasteiger partial charge in [-0.2, -0.15) is 0 Å². The fourth-order valence-electron chi connectivity index (χ4n) is 2.27. The first kappa shape index (κ1) is 16.2. The molecule has 2 aromatic rings. The molecule has 0 saturated heterocycles. The molecule has 0 fully saturated rings. The van der Waals surface area contributed by atoms with Gasteiger partial charge >= 0.3 is 0 Å². The van der Waals surface area contributed by atoms with Crippen molar-refractivity contribution in [3.05, 3.63) is 48.0 Å². The first-order valence-corrected chi connectivity index (χ1v) is 7.43. The van der Waals surface area contributed by atoms with Gasteiger partial charge in [-0.25, -0.2) is 0 Å². The molecule has 0 saturated carbocycles. The number of hydrogen-bond donors (Lipinski definition) is 2. The Balaban J connectivity index is 1.94. The number of benzene rings is 1. The van der Waals surface area contributed by atoms with Crippen LogP contribution in [0.5, 0.6) is 0 Å². The lowest BCUT2D eigenvalue weighted by Gasteiger charge is -2.24. The molecule has 3 N–H and O–H groups in total. The van der Waals surface area contributed by atoms with Crippen LogP contribution in [0, 0.1) is 0 Å². The minimum atomic E-state index is -1.05. The van der Waals surface area contributed by atoms with E-state index in [1.165, 1.54) is 0 Å². The minimum absolute atomic E-state index is 0.196. The first-order valence-electron chi connectivity index (χ1n) is 7.43. The monoisotopic (exact) mass is 301 g/mol. The van der Waals surface area contributed by atoms with E-state index in [0.717, 1.165) is 11.4 Å². The van der Waals surface area contributed by atoms with E-state index < -0.39 is 5.54 Å². The van der Waals surface area contributed by atoms with Gasteiger partial charge in [0.2, 0.25) is 5.91 Å². The molecule has 118 valence electrons. The molecule has 0 aliphatic carbocycles. The quantitative estimate of drug-likeness (QED) is 0.844. The standard InChI is InChI=1S/C16H23N5O/c1-12(2)14-20-19-11-21(14)10-9-18-15(22)16(3,17)13-7-5-4-6-8-13/h4-8,11-12H,9-10,17H2,1-3H3,(H,18,22). The average molecular weight is 301 g/mol. The van der Waals surface area contributed by atoms with Crippen molar-refractivity contribution in [1.82, 2.24) is 20.1 Å². The molecule has 0 aliphatic rings. The molecule has 1 unspecified atom stereocenters. The second-order valence-corrected chi connectivity index (χ2v) is 5.86. The van der Waals surface area contributed by atoms with E-state index in [1.54, 1.807) is 13.3 Å². The van der Waals surface area contributed by atoms with Gasteiger partial charge in [-0.1, -0.05) is 44.2 Å². The molecular formula is C16H23N5O. The largest absolute Gasteiger partial charge is 0.352 e. The molecule has 6 nitrogen and oxygen atoms in total. The number of aromatic nitrogens is 3. The summed E-state index contributed by atoms with van der Waals surface area (Å²) in [6.07, 6.45) is 1.68. The first-order chi connectivity index (χ1) is 10.4. The van der Waals surface area contributed by atoms with Crippen LogP contribution in [0.3, 0.4) is 0 Å². The highest BCUT2D eigenvalue weighted by atomic mass is 16.2. The zero-order valence-electron chi connectivity index (χ0n) is 13.3. The van der Waals surface area contributed by atoms with Gasteiger partial charge in [0, 0.05) is 19.0 Å². The van der Waals surface area contributed by atoms with E-state index >= 15 is 0 Å². The maximum Gasteiger partial charge on any atom is 0.244 e. The van der Waals surface area contributed by atoms with E-state index in [0.29, 0.717) is 19.0 Å². The van der Waals surface area contributed by atoms with Gasteiger partial charge in [0.05, 0.1) is 0 Å². The molecule has 1 amide bonds. The van der Waals surface area contributed by atoms with Gasteiger partial charge in [0.15, 0.2) is 0 Å². The fraction of sp³-hybridized carbons (Fsp3) is 0.438. The Labute approximate surface area is 130 Å². The number of nitrogens with one attached hydrogen (secondary N) is 1. The third kappa shape index (κ3) is 3.51. The Morgan fingerprint density at radius 1 is 1.36 bits per heavy atom. The number of carbonyl (C=O) groups is 1. The highest BCUT2D eigenvalue weighted by molar-refractivity contribution is 5.86. The lowest BCUT2D eigenvalue weighted by molar-refractivity contribution is -0.126. The maximum atomic E-state index is 12.3. The zero-order valence-corrected chi connectivity index (χ0v) is 13.3. The molecule has 1 aromatic heterocycles. The molecule has 0 radical (unpaired) electrons. The molecule has 0 spiro atoms. The third-order valence-corrected chi connectivity index (χ3v) is 3.65. The van der Waals surface area contributed by atoms with Crippen LogP contribution in [0.15, 0.2) is 36.7 Å². The zero-order chi connectivity index (χ0) is 16.2. The molecule has 1 aromatic carbocycles. The Morgan fingerprint density at radius 3 is 2.68 bits per heavy atom. The number of nitrogens with zero attached hydrogens (tertiary/aromatic N) is 3. The van der Waals surface area contributed by atoms with Crippen LogP contribution in [0.1, 0.15) is 38.1 Å². The van der Waals surface area contributed by atoms with Crippen molar-refractivity contribution in [2.75, 3.05) is 6.54 Å². The van der Waals surface area contributed by atoms with Crippen LogP contribution in [0.25, 0.3) is 0 Å². The third-order valence-electron chi connectivity index (χ3n) is 3.65. The lowest BCUT2D eigenvalue weighted by atomic mass is 9.92. The molecule has 0 bridgehead atoms. The van der Waals surface area contributed by atoms with Crippen LogP contribution < -0.4 is 11.1 Å². The topological polar surface area (TPSA) is 85.8 Å². The smallest absolute Gasteiger partial charge is 0.244 e. The van der Waals surface area contributed by atoms with Crippen molar-refractivity contribution < 1.29 is 4.79 Å². The predicted octanol–water partition coefficient (Wildman–Crippen LogP) is 1.39. The van der Waals surface area contributed by atoms with Crippen LogP contribution in [0.4, 0.5) is 0 Å². The van der Waals surface area contributed by atoms with Crippen molar-refractivity contribution in [3.8, 4) is 0 Å². The molecule has 1 atom stereocenters. The van der Waals surface area contributed by atoms with Crippen LogP contribution in [-0.4, -0.2) is 27.2 Å². The summed E-state index contributed by atoms with van der Waals surface area (Å²) in [7, 11) is 0. The van der Waals surface area contributed by atoms with Gasteiger partial charge in [-0.15, -0.1) is 10.2 Å². The van der Waals surface area contributed by atoms with Crippen molar-refractivity contribution in [3.63, 3.8) is 0 Å². The molecule has 22 heavy (non-hydrogen) atoms. The van der Waals surface area contributed by atoms with Gasteiger partial charge in [-0.05, 0) is 12.5 Å². The van der Waals surface area contributed by atoms with Gasteiger partial charge < -0.3 is 15.6 Å². The summed E-state index contributed by atoms with van der Waals surface area (Å²) >= 11 is 0. The second-order valence-electron chi connectivity index (χ2n) is 5.86. The maximum absolute atomic E-state index is 12.3. The SMILES string of the molecule is CC(C)c1nncn1CCNC(=O)C(C)(N)c1ccccc1. The van der Waals surface area contributed by atoms with Crippen LogP contribution in [-0.2, 0) is 16.9 Å². The summed E-state index contributed by atoms with van der Waals surface area (Å²) in [5, 5.41) is 10.9. The van der Waals surface area contributed by atoms with Gasteiger partial charge in [-0.3, -0.25) is 4.79 Å². The highest BCUT2D eigenvalue weighted by Gasteiger charge is 2.29. The van der Waals surface area contributed by atoms with E-state index in [1.807, 2.05) is 34.9 Å². The highest BCUT2D eigenvalue weighted by Crippen LogP contribution is 2.17. The van der Waals surface area contributed by atoms with E-state index in [-0.39, 0.29) is 5.91 Å². The molecule has 2 rings (SSSR count). The second kappa shape index (κ2) is 6.70. The Bertz CT molecular complexity index is 618. The molecular weight excluding hydrogens is 278 g/mol. The van der Waals surface area contributed by atoms with E-state index in [9.17, 15) is 4.79 Å². The van der Waals surface area contributed by atoms with Gasteiger partial charge in [0.1, 0.15) is 17.7 Å². The van der Waals surface area contributed by atoms with Crippen LogP contribution >= 0.6 is 0 Å². The number of amides is 1. The summed E-state index contributed by atoms with van der Waals surface area (Å²) in [5.41, 5.74) is 5.92. The summed E-state index contributed by atoms with van der Waals surface area (Å²) in [6, 6.07) is 9.36. The lowest BCUT2D eigenvalue weighted by Crippen LogP contribution is -2.49. The van der Waals surface area contributed by atoms with Crippen molar-refractivity contribution in [2.24, 2.45) is 5.73 Å². The van der Waals surface area contributed by atoms with E-state index in [4.69, 9.17) is 5.73 Å². The average Bonchev–Trinajstić information content (AvgIpc) is 2.96. The molecule has 0 aliphatic heterocycles. The number of carbonyl (C=O) groups excluding carboxylic acids is 1. The van der Waals surface area contributed by atoms with E-state index in [2.05, 4.69) is 29.4 Å².